The van der Waals surface area contributed by atoms with Gasteiger partial charge in [-0.15, -0.1) is 0 Å². The standard InChI is InChI=1S/C17H16N2O2/c1-3-12-7-9-13(10-8-12)16-18-17(21-19-16)14-5-4-6-15(20)11(14)2/h4-10,20H,3H2,1-2H3. The van der Waals surface area contributed by atoms with Crippen molar-refractivity contribution in [1.82, 2.24) is 10.1 Å². The van der Waals surface area contributed by atoms with Gasteiger partial charge >= 0.3 is 0 Å². The van der Waals surface area contributed by atoms with Gasteiger partial charge in [-0.3, -0.25) is 0 Å². The highest BCUT2D eigenvalue weighted by Gasteiger charge is 2.14. The van der Waals surface area contributed by atoms with Gasteiger partial charge in [-0.05, 0) is 31.0 Å². The van der Waals surface area contributed by atoms with Crippen LogP contribution in [0, 0.1) is 6.92 Å². The van der Waals surface area contributed by atoms with Crippen molar-refractivity contribution in [2.45, 2.75) is 20.3 Å². The van der Waals surface area contributed by atoms with Crippen LogP contribution in [-0.4, -0.2) is 15.2 Å². The van der Waals surface area contributed by atoms with E-state index in [1.807, 2.05) is 25.1 Å². The minimum atomic E-state index is 0.222. The lowest BCUT2D eigenvalue weighted by Crippen LogP contribution is -1.85. The molecule has 0 bridgehead atoms. The first kappa shape index (κ1) is 13.4. The number of phenolic OH excluding ortho intramolecular Hbond substituents is 1. The van der Waals surface area contributed by atoms with E-state index in [1.165, 1.54) is 5.56 Å². The summed E-state index contributed by atoms with van der Waals surface area (Å²) >= 11 is 0. The van der Waals surface area contributed by atoms with Gasteiger partial charge in [0.25, 0.3) is 5.89 Å². The van der Waals surface area contributed by atoms with Crippen LogP contribution in [0.5, 0.6) is 5.75 Å². The van der Waals surface area contributed by atoms with Crippen LogP contribution >= 0.6 is 0 Å². The Morgan fingerprint density at radius 1 is 1.10 bits per heavy atom. The highest BCUT2D eigenvalue weighted by Crippen LogP contribution is 2.29. The van der Waals surface area contributed by atoms with Gasteiger partial charge in [0.1, 0.15) is 5.75 Å². The monoisotopic (exact) mass is 280 g/mol. The topological polar surface area (TPSA) is 59.2 Å². The molecule has 0 aliphatic heterocycles. The van der Waals surface area contributed by atoms with Gasteiger partial charge in [0, 0.05) is 16.7 Å². The summed E-state index contributed by atoms with van der Waals surface area (Å²) in [7, 11) is 0. The van der Waals surface area contributed by atoms with Crippen LogP contribution in [0.2, 0.25) is 0 Å². The van der Waals surface area contributed by atoms with Gasteiger partial charge in [0.15, 0.2) is 0 Å². The first-order chi connectivity index (χ1) is 10.2. The highest BCUT2D eigenvalue weighted by molar-refractivity contribution is 5.64. The van der Waals surface area contributed by atoms with Crippen molar-refractivity contribution >= 4 is 0 Å². The molecule has 1 aromatic heterocycles. The minimum Gasteiger partial charge on any atom is -0.508 e. The molecule has 0 spiro atoms. The van der Waals surface area contributed by atoms with Crippen molar-refractivity contribution in [2.24, 2.45) is 0 Å². The Morgan fingerprint density at radius 2 is 1.86 bits per heavy atom. The van der Waals surface area contributed by atoms with Gasteiger partial charge in [0.2, 0.25) is 5.82 Å². The molecule has 0 radical (unpaired) electrons. The molecular weight excluding hydrogens is 264 g/mol. The van der Waals surface area contributed by atoms with E-state index >= 15 is 0 Å². The van der Waals surface area contributed by atoms with Crippen molar-refractivity contribution in [3.8, 4) is 28.6 Å². The van der Waals surface area contributed by atoms with E-state index in [1.54, 1.807) is 12.1 Å². The van der Waals surface area contributed by atoms with Crippen molar-refractivity contribution in [1.29, 1.82) is 0 Å². The molecule has 0 aliphatic carbocycles. The van der Waals surface area contributed by atoms with Crippen LogP contribution in [0.1, 0.15) is 18.1 Å². The van der Waals surface area contributed by atoms with Crippen LogP contribution in [0.15, 0.2) is 47.0 Å². The Hall–Kier alpha value is -2.62. The zero-order valence-electron chi connectivity index (χ0n) is 12.0. The summed E-state index contributed by atoms with van der Waals surface area (Å²) < 4.78 is 5.33. The molecule has 106 valence electrons. The van der Waals surface area contributed by atoms with Crippen LogP contribution in [0.3, 0.4) is 0 Å². The summed E-state index contributed by atoms with van der Waals surface area (Å²) in [5.74, 6) is 1.19. The Bertz CT molecular complexity index is 761. The molecular formula is C17H16N2O2. The Labute approximate surface area is 123 Å². The summed E-state index contributed by atoms with van der Waals surface area (Å²) in [4.78, 5) is 4.42. The molecule has 0 saturated carbocycles. The molecule has 0 unspecified atom stereocenters. The molecule has 0 saturated heterocycles. The highest BCUT2D eigenvalue weighted by atomic mass is 16.5. The SMILES string of the molecule is CCc1ccc(-c2noc(-c3cccc(O)c3C)n2)cc1. The zero-order valence-corrected chi connectivity index (χ0v) is 12.0. The van der Waals surface area contributed by atoms with Gasteiger partial charge in [0.05, 0.1) is 0 Å². The largest absolute Gasteiger partial charge is 0.508 e. The average molecular weight is 280 g/mol. The normalized spacial score (nSPS) is 10.8. The molecule has 0 aliphatic rings. The molecule has 1 N–H and O–H groups in total. The average Bonchev–Trinajstić information content (AvgIpc) is 3.00. The number of hydrogen-bond donors (Lipinski definition) is 1. The second-order valence-electron chi connectivity index (χ2n) is 4.92. The van der Waals surface area contributed by atoms with Gasteiger partial charge in [-0.1, -0.05) is 42.4 Å². The molecule has 0 amide bonds. The fourth-order valence-corrected chi connectivity index (χ4v) is 2.19. The molecule has 1 heterocycles. The number of rotatable bonds is 3. The van der Waals surface area contributed by atoms with E-state index in [2.05, 4.69) is 29.2 Å². The molecule has 3 aromatic rings. The quantitative estimate of drug-likeness (QED) is 0.788. The van der Waals surface area contributed by atoms with Crippen molar-refractivity contribution < 1.29 is 9.63 Å². The summed E-state index contributed by atoms with van der Waals surface area (Å²) in [6, 6.07) is 13.4. The van der Waals surface area contributed by atoms with E-state index in [0.29, 0.717) is 11.7 Å². The predicted molar refractivity (Wildman–Crippen MR) is 80.9 cm³/mol. The summed E-state index contributed by atoms with van der Waals surface area (Å²) in [5.41, 5.74) is 3.67. The molecule has 4 nitrogen and oxygen atoms in total. The van der Waals surface area contributed by atoms with E-state index in [9.17, 15) is 5.11 Å². The van der Waals surface area contributed by atoms with Gasteiger partial charge < -0.3 is 9.63 Å². The third-order valence-corrected chi connectivity index (χ3v) is 3.58. The maximum atomic E-state index is 9.75. The van der Waals surface area contributed by atoms with Crippen LogP contribution in [0.4, 0.5) is 0 Å². The molecule has 0 atom stereocenters. The summed E-state index contributed by atoms with van der Waals surface area (Å²) in [6.07, 6.45) is 1.00. The number of nitrogens with zero attached hydrogens (tertiary/aromatic N) is 2. The summed E-state index contributed by atoms with van der Waals surface area (Å²) in [5, 5.41) is 13.8. The van der Waals surface area contributed by atoms with Crippen molar-refractivity contribution in [3.63, 3.8) is 0 Å². The predicted octanol–water partition coefficient (Wildman–Crippen LogP) is 3.98. The first-order valence-electron chi connectivity index (χ1n) is 6.91. The maximum Gasteiger partial charge on any atom is 0.258 e. The molecule has 4 heteroatoms. The Balaban J connectivity index is 1.97. The second-order valence-corrected chi connectivity index (χ2v) is 4.92. The molecule has 0 fully saturated rings. The fourth-order valence-electron chi connectivity index (χ4n) is 2.19. The maximum absolute atomic E-state index is 9.75. The van der Waals surface area contributed by atoms with Crippen molar-refractivity contribution in [3.05, 3.63) is 53.6 Å². The Morgan fingerprint density at radius 3 is 2.57 bits per heavy atom. The number of aryl methyl sites for hydroxylation is 1. The second kappa shape index (κ2) is 5.40. The molecule has 21 heavy (non-hydrogen) atoms. The van der Waals surface area contributed by atoms with Gasteiger partial charge in [-0.2, -0.15) is 4.98 Å². The van der Waals surface area contributed by atoms with E-state index in [-0.39, 0.29) is 5.75 Å². The minimum absolute atomic E-state index is 0.222. The number of phenols is 1. The summed E-state index contributed by atoms with van der Waals surface area (Å²) in [6.45, 7) is 3.94. The van der Waals surface area contributed by atoms with Crippen LogP contribution in [-0.2, 0) is 6.42 Å². The zero-order chi connectivity index (χ0) is 14.8. The number of aromatic hydroxyl groups is 1. The number of aromatic nitrogens is 2. The lowest BCUT2D eigenvalue weighted by Gasteiger charge is -2.02. The number of benzene rings is 2. The van der Waals surface area contributed by atoms with E-state index in [0.717, 1.165) is 23.1 Å². The number of hydrogen-bond acceptors (Lipinski definition) is 4. The smallest absolute Gasteiger partial charge is 0.258 e. The third kappa shape index (κ3) is 2.52. The first-order valence-corrected chi connectivity index (χ1v) is 6.91. The van der Waals surface area contributed by atoms with Crippen LogP contribution in [0.25, 0.3) is 22.8 Å². The molecule has 3 rings (SSSR count). The fraction of sp³-hybridized carbons (Fsp3) is 0.176. The lowest BCUT2D eigenvalue weighted by molar-refractivity contribution is 0.431. The van der Waals surface area contributed by atoms with Crippen molar-refractivity contribution in [2.75, 3.05) is 0 Å². The third-order valence-electron chi connectivity index (χ3n) is 3.58. The van der Waals surface area contributed by atoms with Gasteiger partial charge in [-0.25, -0.2) is 0 Å². The van der Waals surface area contributed by atoms with Crippen LogP contribution < -0.4 is 0 Å². The molecule has 2 aromatic carbocycles. The lowest BCUT2D eigenvalue weighted by atomic mass is 10.1. The van der Waals surface area contributed by atoms with E-state index in [4.69, 9.17) is 4.52 Å². The Kier molecular flexibility index (Phi) is 3.44. The van der Waals surface area contributed by atoms with E-state index < -0.39 is 0 Å².